The maximum atomic E-state index is 12.4. The van der Waals surface area contributed by atoms with Gasteiger partial charge in [0.25, 0.3) is 0 Å². The predicted molar refractivity (Wildman–Crippen MR) is 102 cm³/mol. The van der Waals surface area contributed by atoms with Crippen LogP contribution in [0.15, 0.2) is 10.6 Å². The summed E-state index contributed by atoms with van der Waals surface area (Å²) in [6.45, 7) is 10.9. The lowest BCUT2D eigenvalue weighted by atomic mass is 10.1. The number of hydrogen-bond donors (Lipinski definition) is 1. The third-order valence-electron chi connectivity index (χ3n) is 4.36. The molecule has 0 fully saturated rings. The van der Waals surface area contributed by atoms with E-state index in [0.29, 0.717) is 30.3 Å². The van der Waals surface area contributed by atoms with Crippen molar-refractivity contribution in [2.75, 3.05) is 18.9 Å². The van der Waals surface area contributed by atoms with E-state index < -0.39 is 0 Å². The minimum absolute atomic E-state index is 0.0324. The van der Waals surface area contributed by atoms with Crippen molar-refractivity contribution in [2.24, 2.45) is 5.92 Å². The number of nitrogens with one attached hydrogen (secondary N) is 1. The van der Waals surface area contributed by atoms with Crippen LogP contribution in [0.2, 0.25) is 0 Å². The largest absolute Gasteiger partial charge is 0.360 e. The molecule has 0 bridgehead atoms. The van der Waals surface area contributed by atoms with Gasteiger partial charge in [-0.1, -0.05) is 19.0 Å². The lowest BCUT2D eigenvalue weighted by Gasteiger charge is -2.16. The van der Waals surface area contributed by atoms with E-state index in [0.717, 1.165) is 23.5 Å². The molecule has 2 aromatic rings. The summed E-state index contributed by atoms with van der Waals surface area (Å²) in [5, 5.41) is 10.9. The van der Waals surface area contributed by atoms with E-state index in [1.165, 1.54) is 4.90 Å². The summed E-state index contributed by atoms with van der Waals surface area (Å²) in [4.78, 5) is 25.8. The molecular formula is C19H29N5O3. The second kappa shape index (κ2) is 8.83. The maximum Gasteiger partial charge on any atom is 0.245 e. The molecule has 1 N–H and O–H groups in total. The first-order valence-electron chi connectivity index (χ1n) is 9.17. The summed E-state index contributed by atoms with van der Waals surface area (Å²) in [7, 11) is 1.62. The van der Waals surface area contributed by atoms with Gasteiger partial charge in [0.15, 0.2) is 5.82 Å². The molecule has 0 saturated heterocycles. The van der Waals surface area contributed by atoms with Crippen molar-refractivity contribution in [3.63, 3.8) is 0 Å². The molecule has 0 saturated carbocycles. The molecule has 148 valence electrons. The second-order valence-electron chi connectivity index (χ2n) is 7.35. The second-order valence-corrected chi connectivity index (χ2v) is 7.35. The van der Waals surface area contributed by atoms with E-state index in [4.69, 9.17) is 4.52 Å². The molecule has 0 atom stereocenters. The third-order valence-corrected chi connectivity index (χ3v) is 4.36. The van der Waals surface area contributed by atoms with Crippen LogP contribution in [0.4, 0.5) is 5.82 Å². The van der Waals surface area contributed by atoms with Gasteiger partial charge in [-0.25, -0.2) is 0 Å². The van der Waals surface area contributed by atoms with Gasteiger partial charge in [-0.2, -0.15) is 5.10 Å². The molecule has 8 nitrogen and oxygen atoms in total. The van der Waals surface area contributed by atoms with Crippen molar-refractivity contribution in [1.82, 2.24) is 19.8 Å². The van der Waals surface area contributed by atoms with Gasteiger partial charge in [0.2, 0.25) is 11.8 Å². The van der Waals surface area contributed by atoms with E-state index in [9.17, 15) is 9.59 Å². The van der Waals surface area contributed by atoms with E-state index in [2.05, 4.69) is 29.4 Å². The normalized spacial score (nSPS) is 11.1. The maximum absolute atomic E-state index is 12.4. The van der Waals surface area contributed by atoms with Crippen LogP contribution >= 0.6 is 0 Å². The lowest BCUT2D eigenvalue weighted by Crippen LogP contribution is -2.35. The van der Waals surface area contributed by atoms with Crippen LogP contribution in [0, 0.1) is 26.7 Å². The van der Waals surface area contributed by atoms with Crippen LogP contribution < -0.4 is 5.32 Å². The fraction of sp³-hybridized carbons (Fsp3) is 0.579. The van der Waals surface area contributed by atoms with Gasteiger partial charge in [0.1, 0.15) is 5.76 Å². The Balaban J connectivity index is 1.87. The smallest absolute Gasteiger partial charge is 0.245 e. The summed E-state index contributed by atoms with van der Waals surface area (Å²) in [5.41, 5.74) is 3.18. The van der Waals surface area contributed by atoms with Gasteiger partial charge in [0, 0.05) is 31.8 Å². The molecule has 27 heavy (non-hydrogen) atoms. The minimum atomic E-state index is -0.309. The molecule has 0 spiro atoms. The molecule has 0 aliphatic heterocycles. The average Bonchev–Trinajstić information content (AvgIpc) is 3.08. The Bertz CT molecular complexity index is 806. The average molecular weight is 375 g/mol. The highest BCUT2D eigenvalue weighted by molar-refractivity contribution is 5.93. The predicted octanol–water partition coefficient (Wildman–Crippen LogP) is 2.48. The Labute approximate surface area is 159 Å². The number of aromatic nitrogens is 3. The van der Waals surface area contributed by atoms with Crippen molar-refractivity contribution in [3.8, 4) is 0 Å². The van der Waals surface area contributed by atoms with Gasteiger partial charge in [-0.05, 0) is 38.7 Å². The zero-order valence-electron chi connectivity index (χ0n) is 17.0. The number of carbonyl (C=O) groups excluding carboxylic acids is 2. The Morgan fingerprint density at radius 3 is 2.59 bits per heavy atom. The fourth-order valence-corrected chi connectivity index (χ4v) is 2.95. The molecule has 2 amide bonds. The van der Waals surface area contributed by atoms with Crippen LogP contribution in [-0.2, 0) is 22.6 Å². The quantitative estimate of drug-likeness (QED) is 0.765. The molecule has 2 aromatic heterocycles. The number of aryl methyl sites for hydroxylation is 2. The molecule has 8 heteroatoms. The summed E-state index contributed by atoms with van der Waals surface area (Å²) < 4.78 is 6.91. The van der Waals surface area contributed by atoms with Gasteiger partial charge in [-0.3, -0.25) is 14.3 Å². The summed E-state index contributed by atoms with van der Waals surface area (Å²) in [5.74, 6) is 1.07. The van der Waals surface area contributed by atoms with Crippen LogP contribution in [0.5, 0.6) is 0 Å². The third kappa shape index (κ3) is 5.67. The highest BCUT2D eigenvalue weighted by Crippen LogP contribution is 2.17. The van der Waals surface area contributed by atoms with Crippen molar-refractivity contribution in [1.29, 1.82) is 0 Å². The topological polar surface area (TPSA) is 93.3 Å². The first-order valence-corrected chi connectivity index (χ1v) is 9.17. The van der Waals surface area contributed by atoms with Crippen molar-refractivity contribution in [3.05, 3.63) is 28.8 Å². The Kier molecular flexibility index (Phi) is 6.76. The number of amides is 2. The van der Waals surface area contributed by atoms with Crippen LogP contribution in [0.25, 0.3) is 0 Å². The van der Waals surface area contributed by atoms with Gasteiger partial charge in [-0.15, -0.1) is 0 Å². The first-order chi connectivity index (χ1) is 12.7. The number of anilines is 1. The number of hydrogen-bond acceptors (Lipinski definition) is 5. The van der Waals surface area contributed by atoms with Gasteiger partial charge in [0.05, 0.1) is 12.2 Å². The fourth-order valence-electron chi connectivity index (χ4n) is 2.95. The molecule has 0 aliphatic rings. The summed E-state index contributed by atoms with van der Waals surface area (Å²) in [6.07, 6.45) is 0.949. The molecule has 2 heterocycles. The van der Waals surface area contributed by atoms with E-state index >= 15 is 0 Å². The van der Waals surface area contributed by atoms with Crippen molar-refractivity contribution in [2.45, 2.75) is 54.0 Å². The zero-order valence-corrected chi connectivity index (χ0v) is 17.0. The van der Waals surface area contributed by atoms with E-state index in [1.54, 1.807) is 20.0 Å². The van der Waals surface area contributed by atoms with Gasteiger partial charge < -0.3 is 14.7 Å². The number of nitrogens with zero attached hydrogens (tertiary/aromatic N) is 4. The molecule has 0 aromatic carbocycles. The number of likely N-dealkylation sites (N-methyl/N-ethyl adjacent to an activating group) is 1. The first kappa shape index (κ1) is 20.7. The zero-order chi connectivity index (χ0) is 20.1. The van der Waals surface area contributed by atoms with Crippen LogP contribution in [0.1, 0.15) is 43.0 Å². The van der Waals surface area contributed by atoms with Crippen molar-refractivity contribution < 1.29 is 14.1 Å². The Morgan fingerprint density at radius 2 is 2.00 bits per heavy atom. The SMILES string of the molecule is Cc1cc(NC(=O)CN(C)C(=O)CCc2c(C)nn(CC(C)C)c2C)no1. The Hall–Kier alpha value is -2.64. The van der Waals surface area contributed by atoms with E-state index in [-0.39, 0.29) is 18.4 Å². The Morgan fingerprint density at radius 1 is 1.30 bits per heavy atom. The van der Waals surface area contributed by atoms with Crippen LogP contribution in [-0.4, -0.2) is 45.2 Å². The molecular weight excluding hydrogens is 346 g/mol. The van der Waals surface area contributed by atoms with E-state index in [1.807, 2.05) is 18.5 Å². The number of carbonyl (C=O) groups is 2. The summed E-state index contributed by atoms with van der Waals surface area (Å²) in [6, 6.07) is 1.63. The number of rotatable bonds is 8. The molecule has 0 radical (unpaired) electrons. The molecule has 2 rings (SSSR count). The van der Waals surface area contributed by atoms with Crippen molar-refractivity contribution >= 4 is 17.6 Å². The standard InChI is InChI=1S/C19H29N5O3/c1-12(2)10-24-15(5)16(14(4)21-24)7-8-19(26)23(6)11-18(25)20-17-9-13(3)27-22-17/h9,12H,7-8,10-11H2,1-6H3,(H,20,22,25). The van der Waals surface area contributed by atoms with Gasteiger partial charge >= 0.3 is 0 Å². The summed E-state index contributed by atoms with van der Waals surface area (Å²) >= 11 is 0. The lowest BCUT2D eigenvalue weighted by molar-refractivity contribution is -0.133. The highest BCUT2D eigenvalue weighted by Gasteiger charge is 2.17. The molecule has 0 unspecified atom stereocenters. The van der Waals surface area contributed by atoms with Crippen LogP contribution in [0.3, 0.4) is 0 Å². The molecule has 0 aliphatic carbocycles. The monoisotopic (exact) mass is 375 g/mol. The highest BCUT2D eigenvalue weighted by atomic mass is 16.5. The minimum Gasteiger partial charge on any atom is -0.360 e.